The quantitative estimate of drug-likeness (QED) is 0.829. The molecule has 0 fully saturated rings. The van der Waals surface area contributed by atoms with Gasteiger partial charge in [0.2, 0.25) is 0 Å². The molecule has 0 aromatic carbocycles. The van der Waals surface area contributed by atoms with Crippen LogP contribution < -0.4 is 0 Å². The lowest BCUT2D eigenvalue weighted by Crippen LogP contribution is -1.89. The van der Waals surface area contributed by atoms with Crippen LogP contribution in [0.15, 0.2) is 4.47 Å². The Labute approximate surface area is 81.9 Å². The average molecular weight is 231 g/mol. The number of hydrogen-bond donors (Lipinski definition) is 1. The van der Waals surface area contributed by atoms with Gasteiger partial charge in [0.05, 0.1) is 15.9 Å². The van der Waals surface area contributed by atoms with Crippen LogP contribution in [0.2, 0.25) is 0 Å². The molecule has 0 saturated carbocycles. The van der Waals surface area contributed by atoms with Gasteiger partial charge in [0.25, 0.3) is 0 Å². The minimum atomic E-state index is 0.475. The van der Waals surface area contributed by atoms with Crippen LogP contribution in [0.1, 0.15) is 50.9 Å². The van der Waals surface area contributed by atoms with E-state index in [1.54, 1.807) is 0 Å². The summed E-state index contributed by atoms with van der Waals surface area (Å²) in [6, 6.07) is 0. The minimum Gasteiger partial charge on any atom is -0.281 e. The van der Waals surface area contributed by atoms with E-state index < -0.39 is 0 Å². The molecule has 1 aromatic rings. The van der Waals surface area contributed by atoms with Gasteiger partial charge in [-0.25, -0.2) is 0 Å². The predicted octanol–water partition coefficient (Wildman–Crippen LogP) is 3.42. The van der Waals surface area contributed by atoms with Gasteiger partial charge in [0.1, 0.15) is 0 Å². The molecule has 0 spiro atoms. The summed E-state index contributed by atoms with van der Waals surface area (Å²) in [6.45, 7) is 8.60. The van der Waals surface area contributed by atoms with Crippen LogP contribution in [-0.4, -0.2) is 10.2 Å². The van der Waals surface area contributed by atoms with Gasteiger partial charge < -0.3 is 0 Å². The maximum Gasteiger partial charge on any atom is 0.0792 e. The third kappa shape index (κ3) is 1.71. The highest BCUT2D eigenvalue weighted by molar-refractivity contribution is 9.10. The van der Waals surface area contributed by atoms with Crippen molar-refractivity contribution in [3.63, 3.8) is 0 Å². The van der Waals surface area contributed by atoms with Crippen molar-refractivity contribution in [3.05, 3.63) is 15.9 Å². The lowest BCUT2D eigenvalue weighted by Gasteiger charge is -2.02. The van der Waals surface area contributed by atoms with Crippen molar-refractivity contribution in [1.82, 2.24) is 10.2 Å². The Balaban J connectivity index is 3.04. The SMILES string of the molecule is CC(C)c1n[nH]c(C(C)C)c1Br. The van der Waals surface area contributed by atoms with Crippen molar-refractivity contribution in [2.45, 2.75) is 39.5 Å². The summed E-state index contributed by atoms with van der Waals surface area (Å²) in [5.74, 6) is 0.975. The fourth-order valence-corrected chi connectivity index (χ4v) is 2.21. The third-order valence-electron chi connectivity index (χ3n) is 1.88. The van der Waals surface area contributed by atoms with Gasteiger partial charge in [-0.1, -0.05) is 27.7 Å². The van der Waals surface area contributed by atoms with E-state index in [-0.39, 0.29) is 0 Å². The number of nitrogens with one attached hydrogen (secondary N) is 1. The van der Waals surface area contributed by atoms with Crippen molar-refractivity contribution in [2.75, 3.05) is 0 Å². The highest BCUT2D eigenvalue weighted by Gasteiger charge is 2.14. The molecule has 0 amide bonds. The molecule has 0 radical (unpaired) electrons. The van der Waals surface area contributed by atoms with Crippen LogP contribution in [0.3, 0.4) is 0 Å². The molecule has 1 heterocycles. The normalized spacial score (nSPS) is 11.6. The van der Waals surface area contributed by atoms with Crippen molar-refractivity contribution in [1.29, 1.82) is 0 Å². The van der Waals surface area contributed by atoms with Gasteiger partial charge in [-0.2, -0.15) is 5.10 Å². The summed E-state index contributed by atoms with van der Waals surface area (Å²) in [5, 5.41) is 7.32. The molecule has 0 bridgehead atoms. The molecule has 0 aliphatic carbocycles. The Bertz CT molecular complexity index is 238. The third-order valence-corrected chi connectivity index (χ3v) is 2.72. The Morgan fingerprint density at radius 2 is 1.75 bits per heavy atom. The number of nitrogens with zero attached hydrogens (tertiary/aromatic N) is 1. The number of aromatic amines is 1. The van der Waals surface area contributed by atoms with Crippen LogP contribution >= 0.6 is 15.9 Å². The zero-order chi connectivity index (χ0) is 9.30. The smallest absolute Gasteiger partial charge is 0.0792 e. The molecule has 68 valence electrons. The topological polar surface area (TPSA) is 28.7 Å². The maximum absolute atomic E-state index is 4.26. The Morgan fingerprint density at radius 3 is 2.00 bits per heavy atom. The molecule has 1 rings (SSSR count). The lowest BCUT2D eigenvalue weighted by atomic mass is 10.1. The second-order valence-corrected chi connectivity index (χ2v) is 4.44. The fourth-order valence-electron chi connectivity index (χ4n) is 1.12. The maximum atomic E-state index is 4.26. The van der Waals surface area contributed by atoms with Crippen molar-refractivity contribution >= 4 is 15.9 Å². The van der Waals surface area contributed by atoms with Gasteiger partial charge >= 0.3 is 0 Å². The molecule has 0 aliphatic heterocycles. The molecule has 0 unspecified atom stereocenters. The van der Waals surface area contributed by atoms with E-state index in [1.807, 2.05) is 0 Å². The van der Waals surface area contributed by atoms with Crippen molar-refractivity contribution in [2.24, 2.45) is 0 Å². The zero-order valence-electron chi connectivity index (χ0n) is 7.98. The monoisotopic (exact) mass is 230 g/mol. The summed E-state index contributed by atoms with van der Waals surface area (Å²) < 4.78 is 1.15. The minimum absolute atomic E-state index is 0.475. The summed E-state index contributed by atoms with van der Waals surface area (Å²) >= 11 is 3.56. The number of aromatic nitrogens is 2. The van der Waals surface area contributed by atoms with E-state index in [1.165, 1.54) is 5.69 Å². The number of rotatable bonds is 2. The van der Waals surface area contributed by atoms with E-state index in [2.05, 4.69) is 53.8 Å². The van der Waals surface area contributed by atoms with Crippen LogP contribution in [-0.2, 0) is 0 Å². The van der Waals surface area contributed by atoms with Crippen LogP contribution in [0.5, 0.6) is 0 Å². The van der Waals surface area contributed by atoms with E-state index in [0.29, 0.717) is 11.8 Å². The van der Waals surface area contributed by atoms with E-state index in [9.17, 15) is 0 Å². The zero-order valence-corrected chi connectivity index (χ0v) is 9.57. The molecular weight excluding hydrogens is 216 g/mol. The molecule has 12 heavy (non-hydrogen) atoms. The molecule has 0 aliphatic rings. The fraction of sp³-hybridized carbons (Fsp3) is 0.667. The summed E-state index contributed by atoms with van der Waals surface area (Å²) in [6.07, 6.45) is 0. The molecule has 0 saturated heterocycles. The van der Waals surface area contributed by atoms with Crippen LogP contribution in [0, 0.1) is 0 Å². The molecular formula is C9H15BrN2. The average Bonchev–Trinajstić information content (AvgIpc) is 2.30. The first-order chi connectivity index (χ1) is 5.54. The van der Waals surface area contributed by atoms with Crippen LogP contribution in [0.4, 0.5) is 0 Å². The van der Waals surface area contributed by atoms with Gasteiger partial charge in [-0.3, -0.25) is 5.10 Å². The molecule has 0 atom stereocenters. The number of H-pyrrole nitrogens is 1. The van der Waals surface area contributed by atoms with Gasteiger partial charge in [0, 0.05) is 0 Å². The molecule has 2 nitrogen and oxygen atoms in total. The molecule has 3 heteroatoms. The van der Waals surface area contributed by atoms with Crippen LogP contribution in [0.25, 0.3) is 0 Å². The Hall–Kier alpha value is -0.310. The summed E-state index contributed by atoms with van der Waals surface area (Å²) in [4.78, 5) is 0. The first-order valence-corrected chi connectivity index (χ1v) is 5.07. The second-order valence-electron chi connectivity index (χ2n) is 3.65. The Morgan fingerprint density at radius 1 is 1.17 bits per heavy atom. The van der Waals surface area contributed by atoms with Crippen molar-refractivity contribution < 1.29 is 0 Å². The Kier molecular flexibility index (Phi) is 2.94. The van der Waals surface area contributed by atoms with E-state index in [4.69, 9.17) is 0 Å². The van der Waals surface area contributed by atoms with E-state index >= 15 is 0 Å². The first-order valence-electron chi connectivity index (χ1n) is 4.27. The van der Waals surface area contributed by atoms with Gasteiger partial charge in [-0.05, 0) is 27.8 Å². The van der Waals surface area contributed by atoms with Crippen molar-refractivity contribution in [3.8, 4) is 0 Å². The summed E-state index contributed by atoms with van der Waals surface area (Å²) in [5.41, 5.74) is 2.32. The van der Waals surface area contributed by atoms with E-state index in [0.717, 1.165) is 10.2 Å². The first kappa shape index (κ1) is 9.78. The predicted molar refractivity (Wildman–Crippen MR) is 54.5 cm³/mol. The standard InChI is InChI=1S/C9H15BrN2/c1-5(2)8-7(10)9(6(3)4)12-11-8/h5-6H,1-4H3,(H,11,12). The number of hydrogen-bond acceptors (Lipinski definition) is 1. The second kappa shape index (κ2) is 3.60. The van der Waals surface area contributed by atoms with Gasteiger partial charge in [0.15, 0.2) is 0 Å². The number of halogens is 1. The summed E-state index contributed by atoms with van der Waals surface area (Å²) in [7, 11) is 0. The molecule has 1 N–H and O–H groups in total. The largest absolute Gasteiger partial charge is 0.281 e. The molecule has 1 aromatic heterocycles. The highest BCUT2D eigenvalue weighted by atomic mass is 79.9. The van der Waals surface area contributed by atoms with Gasteiger partial charge in [-0.15, -0.1) is 0 Å². The highest BCUT2D eigenvalue weighted by Crippen LogP contribution is 2.29. The lowest BCUT2D eigenvalue weighted by molar-refractivity contribution is 0.791.